The molecule has 1 unspecified atom stereocenters. The van der Waals surface area contributed by atoms with E-state index in [1.165, 1.54) is 0 Å². The molecule has 5 N–H and O–H groups in total. The van der Waals surface area contributed by atoms with Crippen LogP contribution in [0.2, 0.25) is 0 Å². The minimum Gasteiger partial charge on any atom is -0.361 e. The molecule has 0 spiro atoms. The van der Waals surface area contributed by atoms with E-state index in [2.05, 4.69) is 21.4 Å². The van der Waals surface area contributed by atoms with Crippen molar-refractivity contribution in [3.8, 4) is 0 Å². The van der Waals surface area contributed by atoms with E-state index in [-0.39, 0.29) is 25.3 Å². The van der Waals surface area contributed by atoms with Crippen molar-refractivity contribution in [2.75, 3.05) is 26.2 Å². The molecule has 0 heterocycles. The molecule has 0 saturated carbocycles. The summed E-state index contributed by atoms with van der Waals surface area (Å²) in [6, 6.07) is 0. The Balaban J connectivity index is 3.44. The second-order valence-electron chi connectivity index (χ2n) is 3.09. The zero-order chi connectivity index (χ0) is 13.8. The first-order valence-corrected chi connectivity index (χ1v) is 9.53. The maximum atomic E-state index is 11.2. The largest absolute Gasteiger partial charge is 0.361 e. The van der Waals surface area contributed by atoms with Gasteiger partial charge in [0.2, 0.25) is 11.8 Å². The molecule has 8 nitrogen and oxygen atoms in total. The topological polar surface area (TPSA) is 112 Å². The predicted octanol–water partition coefficient (Wildman–Crippen LogP) is -0.649. The first-order chi connectivity index (χ1) is 8.56. The molecule has 1 atom stereocenters. The number of hydroxylamine groups is 1. The first kappa shape index (κ1) is 17.9. The lowest BCUT2D eigenvalue weighted by Crippen LogP contribution is -2.39. The van der Waals surface area contributed by atoms with Gasteiger partial charge in [0.15, 0.2) is 0 Å². The highest BCUT2D eigenvalue weighted by Crippen LogP contribution is 2.38. The van der Waals surface area contributed by atoms with Crippen molar-refractivity contribution < 1.29 is 19.3 Å². The van der Waals surface area contributed by atoms with Crippen LogP contribution < -0.4 is 21.4 Å². The van der Waals surface area contributed by atoms with Crippen molar-refractivity contribution in [2.45, 2.75) is 13.3 Å². The van der Waals surface area contributed by atoms with E-state index in [1.807, 2.05) is 29.0 Å². The number of rotatable bonds is 10. The highest BCUT2D eigenvalue weighted by atomic mass is 127. The summed E-state index contributed by atoms with van der Waals surface area (Å²) in [4.78, 5) is 36.2. The predicted molar refractivity (Wildman–Crippen MR) is 76.6 cm³/mol. The third-order valence-electron chi connectivity index (χ3n) is 1.61. The van der Waals surface area contributed by atoms with Gasteiger partial charge in [0.05, 0.1) is 13.3 Å². The summed E-state index contributed by atoms with van der Waals surface area (Å²) in [5, 5.41) is 7.89. The van der Waals surface area contributed by atoms with Gasteiger partial charge < -0.3 is 20.8 Å². The molecule has 0 aromatic rings. The summed E-state index contributed by atoms with van der Waals surface area (Å²) in [7, 11) is 0. The minimum absolute atomic E-state index is 0.0825. The van der Waals surface area contributed by atoms with Gasteiger partial charge in [-0.15, -0.1) is 0 Å². The summed E-state index contributed by atoms with van der Waals surface area (Å²) in [6.45, 7) is 3.09. The molecule has 0 fully saturated rings. The molecule has 0 rings (SSSR count). The maximum absolute atomic E-state index is 11.2. The Morgan fingerprint density at radius 1 is 1.28 bits per heavy atom. The number of amides is 2. The van der Waals surface area contributed by atoms with E-state index in [9.17, 15) is 9.59 Å². The second-order valence-corrected chi connectivity index (χ2v) is 7.36. The minimum atomic E-state index is -1.15. The number of hydrogen-bond acceptors (Lipinski definition) is 6. The zero-order valence-electron chi connectivity index (χ0n) is 10.0. The summed E-state index contributed by atoms with van der Waals surface area (Å²) in [5.74, 6) is -1.90. The van der Waals surface area contributed by atoms with Crippen LogP contribution in [0.25, 0.3) is 0 Å². The van der Waals surface area contributed by atoms with Crippen LogP contribution in [0, 0.1) is 0 Å². The molecule has 0 bridgehead atoms. The average molecular weight is 392 g/mol. The summed E-state index contributed by atoms with van der Waals surface area (Å²) in [5.41, 5.74) is 2.45. The molecule has 0 aromatic heterocycles. The maximum Gasteiger partial charge on any atom is 0.230 e. The molecular weight excluding hydrogens is 374 g/mol. The lowest BCUT2D eigenvalue weighted by atomic mass is 10.4. The van der Waals surface area contributed by atoms with Crippen LogP contribution in [0.5, 0.6) is 0 Å². The monoisotopic (exact) mass is 392 g/mol. The molecule has 0 aliphatic carbocycles. The smallest absolute Gasteiger partial charge is 0.230 e. The molecular formula is C8H18IN4O4P. The van der Waals surface area contributed by atoms with Crippen molar-refractivity contribution in [1.29, 1.82) is 0 Å². The number of hydrogen-bond donors (Lipinski definition) is 5. The average Bonchev–Trinajstić information content (AvgIpc) is 2.28. The van der Waals surface area contributed by atoms with E-state index >= 15 is 0 Å². The molecule has 0 aliphatic rings. The summed E-state index contributed by atoms with van der Waals surface area (Å²) in [6.07, 6.45) is -0.0546. The van der Waals surface area contributed by atoms with Crippen LogP contribution >= 0.6 is 27.8 Å². The number of carbonyl (C=O) groups is 2. The van der Waals surface area contributed by atoms with Gasteiger partial charge in [-0.3, -0.25) is 14.4 Å². The molecule has 10 heteroatoms. The van der Waals surface area contributed by atoms with Gasteiger partial charge in [0, 0.05) is 0 Å². The lowest BCUT2D eigenvalue weighted by Gasteiger charge is -2.08. The van der Waals surface area contributed by atoms with Crippen LogP contribution in [-0.4, -0.2) is 42.9 Å². The van der Waals surface area contributed by atoms with Crippen LogP contribution in [-0.2, 0) is 14.4 Å². The van der Waals surface area contributed by atoms with Crippen LogP contribution in [0.15, 0.2) is 0 Å². The van der Waals surface area contributed by atoms with E-state index in [0.717, 1.165) is 6.54 Å². The molecule has 0 radical (unpaired) electrons. The van der Waals surface area contributed by atoms with Crippen LogP contribution in [0.3, 0.4) is 0 Å². The SMILES string of the molecule is CCNCNC(=O)CC(=O)NCNOCP(O)I. The van der Waals surface area contributed by atoms with Gasteiger partial charge in [-0.2, -0.15) is 5.48 Å². The molecule has 106 valence electrons. The van der Waals surface area contributed by atoms with Crippen LogP contribution in [0.1, 0.15) is 13.3 Å². The molecule has 0 aliphatic heterocycles. The number of halogens is 1. The lowest BCUT2D eigenvalue weighted by molar-refractivity contribution is -0.129. The summed E-state index contributed by atoms with van der Waals surface area (Å²) >= 11 is 1.85. The van der Waals surface area contributed by atoms with Crippen LogP contribution in [0.4, 0.5) is 0 Å². The molecule has 18 heavy (non-hydrogen) atoms. The van der Waals surface area contributed by atoms with E-state index in [0.29, 0.717) is 6.67 Å². The quantitative estimate of drug-likeness (QED) is 0.0844. The standard InChI is InChI=1S/C8H18IN4O4P/c1-2-10-4-11-7(14)3-8(15)12-5-13-17-6-18(9)16/h10,13,16H,2-6H2,1H3,(H,11,14)(H,12,15). The fourth-order valence-corrected chi connectivity index (χ4v) is 1.46. The molecule has 2 amide bonds. The highest BCUT2D eigenvalue weighted by Gasteiger charge is 2.07. The first-order valence-electron chi connectivity index (χ1n) is 5.27. The number of nitrogens with one attached hydrogen (secondary N) is 4. The van der Waals surface area contributed by atoms with Gasteiger partial charge in [-0.25, -0.2) is 0 Å². The Morgan fingerprint density at radius 2 is 1.89 bits per heavy atom. The van der Waals surface area contributed by atoms with Gasteiger partial charge >= 0.3 is 0 Å². The Morgan fingerprint density at radius 3 is 2.44 bits per heavy atom. The molecule has 0 aromatic carbocycles. The second kappa shape index (κ2) is 12.0. The van der Waals surface area contributed by atoms with Gasteiger partial charge in [0.1, 0.15) is 18.6 Å². The van der Waals surface area contributed by atoms with E-state index in [4.69, 9.17) is 9.73 Å². The molecule has 0 saturated heterocycles. The Bertz CT molecular complexity index is 257. The third kappa shape index (κ3) is 12.4. The third-order valence-corrected chi connectivity index (χ3v) is 2.79. The Hall–Kier alpha value is -0.0600. The van der Waals surface area contributed by atoms with E-state index < -0.39 is 11.7 Å². The van der Waals surface area contributed by atoms with Gasteiger partial charge in [-0.1, -0.05) is 6.92 Å². The fraction of sp³-hybridized carbons (Fsp3) is 0.750. The highest BCUT2D eigenvalue weighted by molar-refractivity contribution is 14.2. The summed E-state index contributed by atoms with van der Waals surface area (Å²) < 4.78 is 0. The Labute approximate surface area is 120 Å². The van der Waals surface area contributed by atoms with Gasteiger partial charge in [0.25, 0.3) is 0 Å². The van der Waals surface area contributed by atoms with Crippen molar-refractivity contribution in [3.05, 3.63) is 0 Å². The van der Waals surface area contributed by atoms with Crippen molar-refractivity contribution >= 4 is 39.6 Å². The normalized spacial score (nSPS) is 11.9. The number of carbonyl (C=O) groups excluding carboxylic acids is 2. The van der Waals surface area contributed by atoms with E-state index in [1.54, 1.807) is 0 Å². The van der Waals surface area contributed by atoms with Crippen molar-refractivity contribution in [1.82, 2.24) is 21.4 Å². The zero-order valence-corrected chi connectivity index (χ0v) is 13.1. The van der Waals surface area contributed by atoms with Crippen molar-refractivity contribution in [2.24, 2.45) is 0 Å². The fourth-order valence-electron chi connectivity index (χ4n) is 0.842. The van der Waals surface area contributed by atoms with Crippen molar-refractivity contribution in [3.63, 3.8) is 0 Å². The Kier molecular flexibility index (Phi) is 12.0. The van der Waals surface area contributed by atoms with Gasteiger partial charge in [-0.05, 0) is 28.6 Å².